The number of hydrogen-bond donors (Lipinski definition) is 1. The van der Waals surface area contributed by atoms with Gasteiger partial charge in [-0.15, -0.1) is 0 Å². The molecule has 26 heavy (non-hydrogen) atoms. The summed E-state index contributed by atoms with van der Waals surface area (Å²) in [6.07, 6.45) is 0. The van der Waals surface area contributed by atoms with Crippen LogP contribution in [-0.4, -0.2) is 34.7 Å². The average molecular weight is 415 g/mol. The van der Waals surface area contributed by atoms with E-state index in [2.05, 4.69) is 26.3 Å². The van der Waals surface area contributed by atoms with Gasteiger partial charge in [0.05, 0.1) is 12.1 Å². The number of nitrogens with one attached hydrogen (secondary N) is 1. The molecule has 0 radical (unpaired) electrons. The number of hydrogen-bond acceptors (Lipinski definition) is 4. The van der Waals surface area contributed by atoms with Crippen molar-refractivity contribution in [3.63, 3.8) is 0 Å². The molecule has 7 heteroatoms. The monoisotopic (exact) mass is 414 g/mol. The van der Waals surface area contributed by atoms with Crippen LogP contribution in [0, 0.1) is 0 Å². The van der Waals surface area contributed by atoms with Gasteiger partial charge < -0.3 is 5.32 Å². The first-order valence-electron chi connectivity index (χ1n) is 8.14. The number of carbonyl (C=O) groups is 1. The highest BCUT2D eigenvalue weighted by molar-refractivity contribution is 9.10. The second-order valence-corrected chi connectivity index (χ2v) is 6.98. The van der Waals surface area contributed by atoms with Crippen LogP contribution < -0.4 is 10.9 Å². The van der Waals surface area contributed by atoms with Crippen molar-refractivity contribution < 1.29 is 4.79 Å². The van der Waals surface area contributed by atoms with Gasteiger partial charge >= 0.3 is 0 Å². The van der Waals surface area contributed by atoms with Crippen molar-refractivity contribution in [3.05, 3.63) is 74.6 Å². The normalized spacial score (nSPS) is 11.1. The minimum Gasteiger partial charge on any atom is -0.354 e. The number of benzene rings is 2. The number of carbonyl (C=O) groups excluding carboxylic acids is 1. The van der Waals surface area contributed by atoms with E-state index in [1.54, 1.807) is 31.3 Å². The predicted molar refractivity (Wildman–Crippen MR) is 105 cm³/mol. The molecule has 0 unspecified atom stereocenters. The Morgan fingerprint density at radius 3 is 2.46 bits per heavy atom. The largest absolute Gasteiger partial charge is 0.354 e. The molecule has 0 aliphatic heterocycles. The topological polar surface area (TPSA) is 67.2 Å². The fourth-order valence-corrected chi connectivity index (χ4v) is 3.06. The van der Waals surface area contributed by atoms with Gasteiger partial charge in [0.15, 0.2) is 5.69 Å². The number of aromatic nitrogens is 2. The van der Waals surface area contributed by atoms with Crippen LogP contribution in [0.2, 0.25) is 0 Å². The molecule has 0 spiro atoms. The van der Waals surface area contributed by atoms with Crippen LogP contribution in [0.1, 0.15) is 16.1 Å². The Balaban J connectivity index is 1.94. The zero-order valence-electron chi connectivity index (χ0n) is 14.6. The van der Waals surface area contributed by atoms with Crippen LogP contribution in [0.4, 0.5) is 0 Å². The summed E-state index contributed by atoms with van der Waals surface area (Å²) >= 11 is 3.42. The summed E-state index contributed by atoms with van der Waals surface area (Å²) < 4.78 is 2.36. The molecule has 0 aliphatic carbocycles. The SMILES string of the molecule is CNC(=O)c1nn(CN(C)Cc2ccc(Br)cc2)c(=O)c2ccccc12. The number of fused-ring (bicyclic) bond motifs is 1. The Labute approximate surface area is 159 Å². The maximum absolute atomic E-state index is 12.8. The van der Waals surface area contributed by atoms with Crippen LogP contribution in [-0.2, 0) is 13.2 Å². The first kappa shape index (κ1) is 18.3. The van der Waals surface area contributed by atoms with E-state index in [1.165, 1.54) is 4.68 Å². The molecule has 6 nitrogen and oxygen atoms in total. The van der Waals surface area contributed by atoms with Gasteiger partial charge in [-0.05, 0) is 30.8 Å². The third-order valence-corrected chi connectivity index (χ3v) is 4.58. The smallest absolute Gasteiger partial charge is 0.275 e. The maximum atomic E-state index is 12.8. The molecule has 2 aromatic carbocycles. The molecule has 1 N–H and O–H groups in total. The van der Waals surface area contributed by atoms with E-state index in [1.807, 2.05) is 36.2 Å². The quantitative estimate of drug-likeness (QED) is 0.696. The summed E-state index contributed by atoms with van der Waals surface area (Å²) in [7, 11) is 3.46. The lowest BCUT2D eigenvalue weighted by atomic mass is 10.1. The van der Waals surface area contributed by atoms with Gasteiger partial charge in [-0.3, -0.25) is 14.5 Å². The Bertz CT molecular complexity index is 999. The predicted octanol–water partition coefficient (Wildman–Crippen LogP) is 2.61. The molecule has 1 heterocycles. The summed E-state index contributed by atoms with van der Waals surface area (Å²) in [5, 5.41) is 7.94. The molecule has 0 fully saturated rings. The highest BCUT2D eigenvalue weighted by atomic mass is 79.9. The van der Waals surface area contributed by atoms with E-state index in [9.17, 15) is 9.59 Å². The summed E-state index contributed by atoms with van der Waals surface area (Å²) in [6.45, 7) is 0.938. The minimum absolute atomic E-state index is 0.212. The van der Waals surface area contributed by atoms with Gasteiger partial charge in [0.1, 0.15) is 0 Å². The number of amides is 1. The average Bonchev–Trinajstić information content (AvgIpc) is 2.65. The van der Waals surface area contributed by atoms with Gasteiger partial charge in [-0.2, -0.15) is 5.10 Å². The Kier molecular flexibility index (Phi) is 5.49. The molecule has 0 atom stereocenters. The fraction of sp³-hybridized carbons (Fsp3) is 0.211. The van der Waals surface area contributed by atoms with Crippen molar-refractivity contribution in [1.82, 2.24) is 20.0 Å². The zero-order valence-corrected chi connectivity index (χ0v) is 16.2. The third kappa shape index (κ3) is 3.84. The van der Waals surface area contributed by atoms with Crippen LogP contribution in [0.15, 0.2) is 57.8 Å². The van der Waals surface area contributed by atoms with Crippen LogP contribution in [0.25, 0.3) is 10.8 Å². The van der Waals surface area contributed by atoms with Gasteiger partial charge in [0.25, 0.3) is 11.5 Å². The lowest BCUT2D eigenvalue weighted by molar-refractivity contribution is 0.0956. The van der Waals surface area contributed by atoms with Crippen molar-refractivity contribution in [1.29, 1.82) is 0 Å². The zero-order chi connectivity index (χ0) is 18.7. The molecule has 3 aromatic rings. The molecule has 0 saturated heterocycles. The standard InChI is InChI=1S/C19H19BrN4O2/c1-21-18(25)17-15-5-3-4-6-16(15)19(26)24(22-17)12-23(2)11-13-7-9-14(20)10-8-13/h3-10H,11-12H2,1-2H3,(H,21,25). The van der Waals surface area contributed by atoms with E-state index in [0.717, 1.165) is 10.0 Å². The Morgan fingerprint density at radius 1 is 1.15 bits per heavy atom. The van der Waals surface area contributed by atoms with Gasteiger partial charge in [0.2, 0.25) is 0 Å². The summed E-state index contributed by atoms with van der Waals surface area (Å²) in [4.78, 5) is 26.9. The molecule has 3 rings (SSSR count). The molecular weight excluding hydrogens is 396 g/mol. The number of nitrogens with zero attached hydrogens (tertiary/aromatic N) is 3. The Hall–Kier alpha value is -2.51. The highest BCUT2D eigenvalue weighted by Crippen LogP contribution is 2.14. The van der Waals surface area contributed by atoms with Gasteiger partial charge in [-0.25, -0.2) is 4.68 Å². The lowest BCUT2D eigenvalue weighted by Gasteiger charge is -2.18. The summed E-state index contributed by atoms with van der Waals surface area (Å²) in [5.74, 6) is -0.314. The molecule has 134 valence electrons. The minimum atomic E-state index is -0.314. The van der Waals surface area contributed by atoms with Crippen molar-refractivity contribution in [3.8, 4) is 0 Å². The lowest BCUT2D eigenvalue weighted by Crippen LogP contribution is -2.34. The summed E-state index contributed by atoms with van der Waals surface area (Å²) in [5.41, 5.74) is 1.16. The van der Waals surface area contributed by atoms with Crippen molar-refractivity contribution >= 4 is 32.6 Å². The molecule has 0 aliphatic rings. The van der Waals surface area contributed by atoms with E-state index in [0.29, 0.717) is 17.3 Å². The van der Waals surface area contributed by atoms with Crippen molar-refractivity contribution in [2.45, 2.75) is 13.2 Å². The second-order valence-electron chi connectivity index (χ2n) is 6.06. The van der Waals surface area contributed by atoms with E-state index >= 15 is 0 Å². The van der Waals surface area contributed by atoms with Gasteiger partial charge in [0, 0.05) is 23.5 Å². The van der Waals surface area contributed by atoms with Crippen molar-refractivity contribution in [2.75, 3.05) is 14.1 Å². The van der Waals surface area contributed by atoms with Crippen LogP contribution in [0.5, 0.6) is 0 Å². The summed E-state index contributed by atoms with van der Waals surface area (Å²) in [6, 6.07) is 15.0. The molecular formula is C19H19BrN4O2. The highest BCUT2D eigenvalue weighted by Gasteiger charge is 2.16. The second kappa shape index (κ2) is 7.80. The van der Waals surface area contributed by atoms with E-state index in [-0.39, 0.29) is 23.8 Å². The maximum Gasteiger partial charge on any atom is 0.275 e. The van der Waals surface area contributed by atoms with E-state index < -0.39 is 0 Å². The molecule has 1 amide bonds. The molecule has 0 bridgehead atoms. The first-order chi connectivity index (χ1) is 12.5. The van der Waals surface area contributed by atoms with E-state index in [4.69, 9.17) is 0 Å². The fourth-order valence-electron chi connectivity index (χ4n) is 2.80. The molecule has 1 aromatic heterocycles. The van der Waals surface area contributed by atoms with Crippen LogP contribution >= 0.6 is 15.9 Å². The third-order valence-electron chi connectivity index (χ3n) is 4.05. The van der Waals surface area contributed by atoms with Gasteiger partial charge in [-0.1, -0.05) is 46.3 Å². The van der Waals surface area contributed by atoms with Crippen molar-refractivity contribution in [2.24, 2.45) is 0 Å². The first-order valence-corrected chi connectivity index (χ1v) is 8.94. The molecule has 0 saturated carbocycles. The van der Waals surface area contributed by atoms with Crippen LogP contribution in [0.3, 0.4) is 0 Å². The number of halogens is 1. The number of rotatable bonds is 5. The Morgan fingerprint density at radius 2 is 1.81 bits per heavy atom.